The highest BCUT2D eigenvalue weighted by atomic mass is 16.6. The monoisotopic (exact) mass is 389 g/mol. The predicted octanol–water partition coefficient (Wildman–Crippen LogP) is 1.67. The number of ether oxygens (including phenoxy) is 1. The maximum absolute atomic E-state index is 12.5. The fraction of sp³-hybridized carbons (Fsp3) is 0.421. The zero-order valence-corrected chi connectivity index (χ0v) is 15.6. The summed E-state index contributed by atoms with van der Waals surface area (Å²) in [7, 11) is 0. The minimum Gasteiger partial charge on any atom is -0.466 e. The van der Waals surface area contributed by atoms with Gasteiger partial charge in [-0.25, -0.2) is 0 Å². The Bertz CT molecular complexity index is 759. The first-order valence-corrected chi connectivity index (χ1v) is 9.09. The normalized spacial score (nSPS) is 16.7. The maximum atomic E-state index is 12.5. The summed E-state index contributed by atoms with van der Waals surface area (Å²) in [5.41, 5.74) is 0.564. The fourth-order valence-electron chi connectivity index (χ4n) is 2.70. The zero-order valence-electron chi connectivity index (χ0n) is 15.6. The van der Waals surface area contributed by atoms with Gasteiger partial charge in [-0.2, -0.15) is 0 Å². The second-order valence-electron chi connectivity index (χ2n) is 6.30. The molecule has 0 aromatic heterocycles. The number of piperazine rings is 1. The molecule has 2 rings (SSSR count). The molecule has 1 heterocycles. The van der Waals surface area contributed by atoms with Crippen molar-refractivity contribution in [3.63, 3.8) is 0 Å². The van der Waals surface area contributed by atoms with Crippen LogP contribution in [0.3, 0.4) is 0 Å². The summed E-state index contributed by atoms with van der Waals surface area (Å²) in [6, 6.07) is 4.80. The first-order chi connectivity index (χ1) is 13.4. The quantitative estimate of drug-likeness (QED) is 0.237. The molecule has 1 saturated heterocycles. The van der Waals surface area contributed by atoms with Gasteiger partial charge < -0.3 is 15.0 Å². The molecule has 9 heteroatoms. The van der Waals surface area contributed by atoms with Crippen molar-refractivity contribution in [3.05, 3.63) is 46.0 Å². The summed E-state index contributed by atoms with van der Waals surface area (Å²) >= 11 is 0. The van der Waals surface area contributed by atoms with Gasteiger partial charge in [0, 0.05) is 31.3 Å². The van der Waals surface area contributed by atoms with E-state index in [9.17, 15) is 24.5 Å². The molecule has 2 amide bonds. The number of nitro benzene ring substituents is 1. The molecule has 0 aliphatic carbocycles. The smallest absolute Gasteiger partial charge is 0.308 e. The maximum Gasteiger partial charge on any atom is 0.308 e. The zero-order chi connectivity index (χ0) is 20.5. The molecule has 28 heavy (non-hydrogen) atoms. The Kier molecular flexibility index (Phi) is 7.67. The number of nitrogens with one attached hydrogen (secondary N) is 1. The van der Waals surface area contributed by atoms with Crippen molar-refractivity contribution in [2.75, 3.05) is 19.7 Å². The van der Waals surface area contributed by atoms with E-state index in [1.54, 1.807) is 0 Å². The molecule has 1 aromatic rings. The standard InChI is InChI=1S/C19H23N3O6/c1-2-3-12-28-18(24)13-16-19(25)20-10-11-21(16)17(23)9-6-14-4-7-15(8-5-14)22(26)27/h4-9,16H,2-3,10-13H2,1H3,(H,20,25)/b9-6+. The van der Waals surface area contributed by atoms with Crippen LogP contribution in [0.2, 0.25) is 0 Å². The van der Waals surface area contributed by atoms with Crippen LogP contribution in [0.25, 0.3) is 6.08 Å². The number of carbonyl (C=O) groups excluding carboxylic acids is 3. The topological polar surface area (TPSA) is 119 Å². The van der Waals surface area contributed by atoms with Crippen molar-refractivity contribution >= 4 is 29.5 Å². The van der Waals surface area contributed by atoms with Crippen molar-refractivity contribution in [2.45, 2.75) is 32.2 Å². The number of nitrogens with zero attached hydrogens (tertiary/aromatic N) is 2. The fourth-order valence-corrected chi connectivity index (χ4v) is 2.70. The number of rotatable bonds is 8. The van der Waals surface area contributed by atoms with Crippen molar-refractivity contribution in [1.82, 2.24) is 10.2 Å². The van der Waals surface area contributed by atoms with Crippen LogP contribution >= 0.6 is 0 Å². The van der Waals surface area contributed by atoms with E-state index in [2.05, 4.69) is 5.32 Å². The second kappa shape index (κ2) is 10.2. The lowest BCUT2D eigenvalue weighted by Gasteiger charge is -2.33. The Morgan fingerprint density at radius 3 is 2.71 bits per heavy atom. The van der Waals surface area contributed by atoms with Crippen LogP contribution in [0.4, 0.5) is 5.69 Å². The molecule has 1 fully saturated rings. The Morgan fingerprint density at radius 1 is 1.36 bits per heavy atom. The van der Waals surface area contributed by atoms with Crippen molar-refractivity contribution in [3.8, 4) is 0 Å². The first-order valence-electron chi connectivity index (χ1n) is 9.09. The molecule has 1 aliphatic rings. The van der Waals surface area contributed by atoms with Crippen LogP contribution in [-0.2, 0) is 19.1 Å². The van der Waals surface area contributed by atoms with Crippen LogP contribution < -0.4 is 5.32 Å². The summed E-state index contributed by atoms with van der Waals surface area (Å²) in [5.74, 6) is -1.33. The van der Waals surface area contributed by atoms with Gasteiger partial charge in [-0.05, 0) is 30.2 Å². The third-order valence-corrected chi connectivity index (χ3v) is 4.26. The number of nitro groups is 1. The van der Waals surface area contributed by atoms with Crippen molar-refractivity contribution in [2.24, 2.45) is 0 Å². The number of hydrogen-bond donors (Lipinski definition) is 1. The molecular weight excluding hydrogens is 366 g/mol. The van der Waals surface area contributed by atoms with Crippen molar-refractivity contribution in [1.29, 1.82) is 0 Å². The van der Waals surface area contributed by atoms with Gasteiger partial charge in [0.2, 0.25) is 11.8 Å². The summed E-state index contributed by atoms with van der Waals surface area (Å²) in [4.78, 5) is 48.1. The number of carbonyl (C=O) groups is 3. The minimum absolute atomic E-state index is 0.0437. The molecule has 1 N–H and O–H groups in total. The predicted molar refractivity (Wildman–Crippen MR) is 101 cm³/mol. The van der Waals surface area contributed by atoms with Crippen molar-refractivity contribution < 1.29 is 24.0 Å². The molecule has 0 spiro atoms. The summed E-state index contributed by atoms with van der Waals surface area (Å²) in [6.07, 6.45) is 4.22. The van der Waals surface area contributed by atoms with Crippen LogP contribution in [0.1, 0.15) is 31.7 Å². The molecule has 1 aromatic carbocycles. The van der Waals surface area contributed by atoms with Gasteiger partial charge in [0.25, 0.3) is 5.69 Å². The van der Waals surface area contributed by atoms with Crippen LogP contribution in [0, 0.1) is 10.1 Å². The van der Waals surface area contributed by atoms with Gasteiger partial charge >= 0.3 is 5.97 Å². The Labute approximate surface area is 162 Å². The highest BCUT2D eigenvalue weighted by Crippen LogP contribution is 2.15. The molecule has 0 saturated carbocycles. The minimum atomic E-state index is -0.920. The average molecular weight is 389 g/mol. The van der Waals surface area contributed by atoms with E-state index in [-0.39, 0.29) is 25.3 Å². The lowest BCUT2D eigenvalue weighted by atomic mass is 10.1. The number of esters is 1. The Morgan fingerprint density at radius 2 is 2.07 bits per heavy atom. The number of hydrogen-bond acceptors (Lipinski definition) is 6. The van der Waals surface area contributed by atoms with Gasteiger partial charge in [0.15, 0.2) is 0 Å². The lowest BCUT2D eigenvalue weighted by molar-refractivity contribution is -0.384. The Balaban J connectivity index is 2.02. The number of amides is 2. The summed E-state index contributed by atoms with van der Waals surface area (Å²) < 4.78 is 5.09. The number of non-ortho nitro benzene ring substituents is 1. The van der Waals surface area contributed by atoms with E-state index < -0.39 is 28.7 Å². The average Bonchev–Trinajstić information content (AvgIpc) is 2.68. The van der Waals surface area contributed by atoms with E-state index in [4.69, 9.17) is 4.74 Å². The molecule has 0 radical (unpaired) electrons. The number of benzene rings is 1. The third kappa shape index (κ3) is 5.90. The molecule has 1 unspecified atom stereocenters. The number of unbranched alkanes of at least 4 members (excludes halogenated alkanes) is 1. The molecule has 1 aliphatic heterocycles. The largest absolute Gasteiger partial charge is 0.466 e. The van der Waals surface area contributed by atoms with Crippen LogP contribution in [0.15, 0.2) is 30.3 Å². The molecular formula is C19H23N3O6. The highest BCUT2D eigenvalue weighted by Gasteiger charge is 2.34. The highest BCUT2D eigenvalue weighted by molar-refractivity contribution is 5.97. The molecule has 1 atom stereocenters. The molecule has 150 valence electrons. The SMILES string of the molecule is CCCCOC(=O)CC1C(=O)NCCN1C(=O)/C=C/c1ccc([N+](=O)[O-])cc1. The summed E-state index contributed by atoms with van der Waals surface area (Å²) in [6.45, 7) is 2.84. The first kappa shape index (κ1) is 21.1. The van der Waals surface area contributed by atoms with Crippen LogP contribution in [-0.4, -0.2) is 53.3 Å². The molecule has 9 nitrogen and oxygen atoms in total. The third-order valence-electron chi connectivity index (χ3n) is 4.26. The van der Waals surface area contributed by atoms with Gasteiger partial charge in [0.1, 0.15) is 6.04 Å². The second-order valence-corrected chi connectivity index (χ2v) is 6.30. The summed E-state index contributed by atoms with van der Waals surface area (Å²) in [5, 5.41) is 13.3. The van der Waals surface area contributed by atoms with Crippen LogP contribution in [0.5, 0.6) is 0 Å². The van der Waals surface area contributed by atoms with Gasteiger partial charge in [0.05, 0.1) is 18.0 Å². The Hall–Kier alpha value is -3.23. The van der Waals surface area contributed by atoms with E-state index in [0.717, 1.165) is 12.8 Å². The molecule has 0 bridgehead atoms. The van der Waals surface area contributed by atoms with Gasteiger partial charge in [-0.1, -0.05) is 13.3 Å². The van der Waals surface area contributed by atoms with E-state index in [0.29, 0.717) is 12.1 Å². The van der Waals surface area contributed by atoms with E-state index in [1.165, 1.54) is 41.3 Å². The van der Waals surface area contributed by atoms with Gasteiger partial charge in [-0.15, -0.1) is 0 Å². The van der Waals surface area contributed by atoms with Gasteiger partial charge in [-0.3, -0.25) is 24.5 Å². The van der Waals surface area contributed by atoms with E-state index >= 15 is 0 Å². The lowest BCUT2D eigenvalue weighted by Crippen LogP contribution is -2.57. The van der Waals surface area contributed by atoms with E-state index in [1.807, 2.05) is 6.92 Å².